The van der Waals surface area contributed by atoms with Crippen LogP contribution in [0.3, 0.4) is 0 Å². The van der Waals surface area contributed by atoms with Gasteiger partial charge in [0.15, 0.2) is 5.69 Å². The fraction of sp³-hybridized carbons (Fsp3) is 0.474. The maximum absolute atomic E-state index is 13.5. The van der Waals surface area contributed by atoms with E-state index >= 15 is 0 Å². The molecule has 0 fully saturated rings. The van der Waals surface area contributed by atoms with Crippen molar-refractivity contribution in [1.29, 1.82) is 0 Å². The highest BCUT2D eigenvalue weighted by atomic mass is 35.5. The van der Waals surface area contributed by atoms with Crippen LogP contribution >= 0.6 is 11.6 Å². The molecule has 0 N–H and O–H groups in total. The minimum Gasteiger partial charge on any atom is -0.529 e. The van der Waals surface area contributed by atoms with E-state index in [1.807, 2.05) is 33.9 Å². The molecule has 2 rings (SSSR count). The molecule has 0 saturated carbocycles. The number of hydrogen-bond acceptors (Lipinski definition) is 4. The number of carbonyl (C=O) groups excluding carboxylic acids is 1. The monoisotopic (exact) mass is 448 g/mol. The van der Waals surface area contributed by atoms with Crippen LogP contribution in [-0.4, -0.2) is 30.7 Å². The van der Waals surface area contributed by atoms with Crippen molar-refractivity contribution in [2.45, 2.75) is 52.0 Å². The van der Waals surface area contributed by atoms with Gasteiger partial charge < -0.3 is 9.16 Å². The van der Waals surface area contributed by atoms with Gasteiger partial charge in [-0.25, -0.2) is 9.48 Å². The van der Waals surface area contributed by atoms with Crippen LogP contribution in [-0.2, 0) is 10.9 Å². The van der Waals surface area contributed by atoms with Crippen molar-refractivity contribution in [3.05, 3.63) is 40.5 Å². The van der Waals surface area contributed by atoms with Crippen molar-refractivity contribution in [2.75, 3.05) is 6.61 Å². The van der Waals surface area contributed by atoms with Crippen molar-refractivity contribution in [3.63, 3.8) is 0 Å². The first-order chi connectivity index (χ1) is 13.2. The summed E-state index contributed by atoms with van der Waals surface area (Å²) >= 11 is 6.07. The predicted molar refractivity (Wildman–Crippen MR) is 107 cm³/mol. The Morgan fingerprint density at radius 2 is 1.86 bits per heavy atom. The number of esters is 1. The lowest BCUT2D eigenvalue weighted by Gasteiger charge is -2.36. The van der Waals surface area contributed by atoms with Crippen LogP contribution in [0.2, 0.25) is 23.2 Å². The van der Waals surface area contributed by atoms with Gasteiger partial charge >= 0.3 is 12.1 Å². The first-order valence-corrected chi connectivity index (χ1v) is 12.3. The average Bonchev–Trinajstić information content (AvgIpc) is 2.91. The lowest BCUT2D eigenvalue weighted by molar-refractivity contribution is -0.141. The zero-order chi connectivity index (χ0) is 22.2. The molecule has 0 aliphatic rings. The second-order valence-electron chi connectivity index (χ2n) is 8.01. The molecular formula is C19H24ClF3N2O3Si. The van der Waals surface area contributed by atoms with Crippen LogP contribution in [0.5, 0.6) is 5.88 Å². The molecule has 10 heteroatoms. The third-order valence-electron chi connectivity index (χ3n) is 4.82. The molecule has 5 nitrogen and oxygen atoms in total. The van der Waals surface area contributed by atoms with E-state index in [9.17, 15) is 18.0 Å². The summed E-state index contributed by atoms with van der Waals surface area (Å²) in [6.07, 6.45) is -4.76. The Kier molecular flexibility index (Phi) is 6.44. The van der Waals surface area contributed by atoms with Crippen molar-refractivity contribution in [3.8, 4) is 11.6 Å². The van der Waals surface area contributed by atoms with Crippen LogP contribution in [0.25, 0.3) is 5.69 Å². The molecule has 0 atom stereocenters. The number of benzene rings is 1. The normalized spacial score (nSPS) is 12.8. The van der Waals surface area contributed by atoms with Gasteiger partial charge in [-0.2, -0.15) is 18.3 Å². The Morgan fingerprint density at radius 1 is 1.24 bits per heavy atom. The van der Waals surface area contributed by atoms with E-state index in [4.69, 9.17) is 20.8 Å². The Morgan fingerprint density at radius 3 is 2.38 bits per heavy atom. The predicted octanol–water partition coefficient (Wildman–Crippen LogP) is 6.11. The highest BCUT2D eigenvalue weighted by molar-refractivity contribution is 6.74. The first-order valence-electron chi connectivity index (χ1n) is 9.01. The quantitative estimate of drug-likeness (QED) is 0.409. The van der Waals surface area contributed by atoms with Gasteiger partial charge in [0.2, 0.25) is 5.88 Å². The van der Waals surface area contributed by atoms with E-state index in [0.29, 0.717) is 0 Å². The van der Waals surface area contributed by atoms with Crippen LogP contribution in [0, 0.1) is 0 Å². The Bertz CT molecular complexity index is 905. The number of rotatable bonds is 5. The number of ether oxygens (including phenoxy) is 1. The van der Waals surface area contributed by atoms with Crippen molar-refractivity contribution in [2.24, 2.45) is 0 Å². The largest absolute Gasteiger partial charge is 0.529 e. The fourth-order valence-electron chi connectivity index (χ4n) is 2.20. The van der Waals surface area contributed by atoms with Gasteiger partial charge in [0.1, 0.15) is 5.02 Å². The summed E-state index contributed by atoms with van der Waals surface area (Å²) in [4.78, 5) is 12.0. The molecule has 0 aliphatic carbocycles. The fourth-order valence-corrected chi connectivity index (χ4v) is 3.51. The van der Waals surface area contributed by atoms with Crippen LogP contribution < -0.4 is 4.43 Å². The molecule has 0 bridgehead atoms. The minimum absolute atomic E-state index is 0.175. The summed E-state index contributed by atoms with van der Waals surface area (Å²) in [6.45, 7) is 11.5. The molecule has 0 saturated heterocycles. The van der Waals surface area contributed by atoms with E-state index in [1.54, 1.807) is 6.92 Å². The number of hydrogen-bond donors (Lipinski definition) is 0. The lowest BCUT2D eigenvalue weighted by atomic mass is 10.2. The molecular weight excluding hydrogens is 425 g/mol. The highest BCUT2D eigenvalue weighted by Crippen LogP contribution is 2.44. The van der Waals surface area contributed by atoms with Crippen LogP contribution in [0.15, 0.2) is 24.3 Å². The Balaban J connectivity index is 2.66. The number of halogens is 4. The van der Waals surface area contributed by atoms with Gasteiger partial charge in [-0.15, -0.1) is 0 Å². The summed E-state index contributed by atoms with van der Waals surface area (Å²) in [5, 5.41) is 2.78. The molecule has 0 spiro atoms. The van der Waals surface area contributed by atoms with Gasteiger partial charge in [-0.1, -0.05) is 38.4 Å². The molecule has 0 aliphatic heterocycles. The smallest absolute Gasteiger partial charge is 0.436 e. The minimum atomic E-state index is -4.76. The van der Waals surface area contributed by atoms with E-state index in [2.05, 4.69) is 5.10 Å². The summed E-state index contributed by atoms with van der Waals surface area (Å²) in [5.41, 5.74) is -0.848. The molecule has 1 aromatic carbocycles. The highest BCUT2D eigenvalue weighted by Gasteiger charge is 2.44. The Labute approximate surface area is 173 Å². The summed E-state index contributed by atoms with van der Waals surface area (Å²) in [6, 6.07) is 5.94. The van der Waals surface area contributed by atoms with Crippen LogP contribution in [0.4, 0.5) is 13.2 Å². The SMILES string of the molecule is CCOC(=O)c1cccc(-n2nc(C(F)(F)F)c(Cl)c2O[Si](C)(C)C(C)(C)C)c1. The van der Waals surface area contributed by atoms with E-state index in [0.717, 1.165) is 4.68 Å². The Hall–Kier alpha value is -2.00. The van der Waals surface area contributed by atoms with Gasteiger partial charge in [-0.3, -0.25) is 0 Å². The van der Waals surface area contributed by atoms with E-state index in [-0.39, 0.29) is 28.8 Å². The summed E-state index contributed by atoms with van der Waals surface area (Å²) in [5.74, 6) is -0.776. The summed E-state index contributed by atoms with van der Waals surface area (Å²) < 4.78 is 52.4. The zero-order valence-electron chi connectivity index (χ0n) is 17.1. The molecule has 1 heterocycles. The zero-order valence-corrected chi connectivity index (χ0v) is 18.9. The van der Waals surface area contributed by atoms with Crippen molar-refractivity contribution < 1.29 is 27.1 Å². The molecule has 0 unspecified atom stereocenters. The summed E-state index contributed by atoms with van der Waals surface area (Å²) in [7, 11) is -2.54. The second-order valence-corrected chi connectivity index (χ2v) is 13.1. The van der Waals surface area contributed by atoms with Crippen LogP contribution in [0.1, 0.15) is 43.7 Å². The van der Waals surface area contributed by atoms with Gasteiger partial charge in [-0.05, 0) is 43.3 Å². The second kappa shape index (κ2) is 8.02. The molecule has 0 amide bonds. The third kappa shape index (κ3) is 4.95. The van der Waals surface area contributed by atoms with Gasteiger partial charge in [0.05, 0.1) is 17.9 Å². The lowest BCUT2D eigenvalue weighted by Crippen LogP contribution is -2.44. The maximum atomic E-state index is 13.5. The average molecular weight is 449 g/mol. The maximum Gasteiger partial charge on any atom is 0.436 e. The molecule has 29 heavy (non-hydrogen) atoms. The van der Waals surface area contributed by atoms with Crippen molar-refractivity contribution in [1.82, 2.24) is 9.78 Å². The van der Waals surface area contributed by atoms with E-state index < -0.39 is 31.2 Å². The van der Waals surface area contributed by atoms with Gasteiger partial charge in [0, 0.05) is 0 Å². The topological polar surface area (TPSA) is 53.4 Å². The molecule has 2 aromatic rings. The third-order valence-corrected chi connectivity index (χ3v) is 9.47. The van der Waals surface area contributed by atoms with Crippen molar-refractivity contribution >= 4 is 25.9 Å². The molecule has 1 aromatic heterocycles. The van der Waals surface area contributed by atoms with Gasteiger partial charge in [0.25, 0.3) is 8.32 Å². The molecule has 160 valence electrons. The van der Waals surface area contributed by atoms with E-state index in [1.165, 1.54) is 24.3 Å². The number of alkyl halides is 3. The number of carbonyl (C=O) groups is 1. The number of aromatic nitrogens is 2. The number of nitrogens with zero attached hydrogens (tertiary/aromatic N) is 2. The first kappa shape index (κ1) is 23.3. The standard InChI is InChI=1S/C19H24ClF3N2O3Si/c1-7-27-17(26)12-9-8-10-13(11-12)25-16(28-29(5,6)18(2,3)4)14(20)15(24-25)19(21,22)23/h8-11H,7H2,1-6H3. The molecule has 0 radical (unpaired) electrons.